The van der Waals surface area contributed by atoms with Crippen LogP contribution in [0.3, 0.4) is 0 Å². The molecule has 6 unspecified atom stereocenters. The number of ether oxygens (including phenoxy) is 12. The maximum Gasteiger partial charge on any atom is 0.408 e. The lowest BCUT2D eigenvalue weighted by atomic mass is 9.87. The zero-order valence-electron chi connectivity index (χ0n) is 63.2. The van der Waals surface area contributed by atoms with Crippen molar-refractivity contribution in [1.29, 1.82) is 0 Å². The Labute approximate surface area is 610 Å². The Morgan fingerprint density at radius 1 is 0.346 bits per heavy atom. The Morgan fingerprint density at radius 2 is 0.606 bits per heavy atom. The van der Waals surface area contributed by atoms with E-state index in [2.05, 4.69) is 66.1 Å². The van der Waals surface area contributed by atoms with Crippen LogP contribution in [0.2, 0.25) is 0 Å². The van der Waals surface area contributed by atoms with E-state index < -0.39 is 114 Å². The summed E-state index contributed by atoms with van der Waals surface area (Å²) in [6.07, 6.45) is -2.42. The molecule has 5 N–H and O–H groups in total. The third-order valence-electron chi connectivity index (χ3n) is 13.5. The van der Waals surface area contributed by atoms with Gasteiger partial charge in [0.05, 0.1) is 11.1 Å². The molecule has 2 aromatic rings. The van der Waals surface area contributed by atoms with Crippen LogP contribution in [0.1, 0.15) is 172 Å². The van der Waals surface area contributed by atoms with E-state index in [4.69, 9.17) is 56.8 Å². The van der Waals surface area contributed by atoms with E-state index in [9.17, 15) is 57.5 Å². The fraction of sp³-hybridized carbons (Fsp3) is 0.520. The average Bonchev–Trinajstić information content (AvgIpc) is 0.804. The summed E-state index contributed by atoms with van der Waals surface area (Å²) in [4.78, 5) is 141. The number of carbonyl (C=O) groups excluding carboxylic acids is 12. The van der Waals surface area contributed by atoms with Gasteiger partial charge in [0.25, 0.3) is 0 Å². The number of rotatable bonds is 40. The Morgan fingerprint density at radius 3 is 0.913 bits per heavy atom. The van der Waals surface area contributed by atoms with Gasteiger partial charge in [-0.25, -0.2) is 52.7 Å². The summed E-state index contributed by atoms with van der Waals surface area (Å²) < 4.78 is 60.9. The summed E-state index contributed by atoms with van der Waals surface area (Å²) in [6.45, 7) is 47.5. The lowest BCUT2D eigenvalue weighted by Crippen LogP contribution is -2.44. The second-order valence-electron chi connectivity index (χ2n) is 25.7. The van der Waals surface area contributed by atoms with Crippen molar-refractivity contribution in [3.8, 4) is 0 Å². The smallest absolute Gasteiger partial charge is 0.408 e. The van der Waals surface area contributed by atoms with Crippen LogP contribution in [0.4, 0.5) is 24.0 Å². The molecule has 5 amide bonds. The average molecular weight is 1460 g/mol. The Kier molecular flexibility index (Phi) is 44.2. The highest BCUT2D eigenvalue weighted by Crippen LogP contribution is 2.27. The highest BCUT2D eigenvalue weighted by molar-refractivity contribution is 5.89. The topological polar surface area (TPSA) is 376 Å². The van der Waals surface area contributed by atoms with Crippen molar-refractivity contribution in [3.63, 3.8) is 0 Å². The third-order valence-corrected chi connectivity index (χ3v) is 13.5. The van der Waals surface area contributed by atoms with Gasteiger partial charge in [-0.2, -0.15) is 0 Å². The summed E-state index contributed by atoms with van der Waals surface area (Å²) in [5.74, 6) is -3.56. The van der Waals surface area contributed by atoms with Crippen LogP contribution in [0, 0.1) is 0 Å². The van der Waals surface area contributed by atoms with Crippen molar-refractivity contribution in [3.05, 3.63) is 144 Å². The van der Waals surface area contributed by atoms with Gasteiger partial charge in [-0.15, -0.1) is 0 Å². The molecule has 0 radical (unpaired) electrons. The zero-order chi connectivity index (χ0) is 79.5. The minimum Gasteiger partial charge on any atom is -0.459 e. The maximum absolute atomic E-state index is 12.5. The van der Waals surface area contributed by atoms with E-state index in [1.54, 1.807) is 79.7 Å². The van der Waals surface area contributed by atoms with Gasteiger partial charge in [0, 0.05) is 59.5 Å². The molecule has 0 saturated heterocycles. The highest BCUT2D eigenvalue weighted by atomic mass is 16.6. The minimum absolute atomic E-state index is 0.00525. The van der Waals surface area contributed by atoms with Crippen molar-refractivity contribution in [2.24, 2.45) is 0 Å². The molecule has 0 spiro atoms. The SMILES string of the molecule is C=C(C)C(=O)OCC(C)OC(=O)CCCCCCCNC(=O)OC(C)COC(=O)C(=C)C.C=C(C)C(=O)OCC(C)OC(=O)NC(C)(C)c1cccc(C(C)(C)NC(=O)OC(C)COC(=O)C(=C)C)c1.C=C(C)C(=O)OCC(C)OC(=O)NCc1cccc(CNC(=O)OC(C)COC(=O)C(=C)C)c1. The molecule has 104 heavy (non-hydrogen) atoms. The monoisotopic (exact) mass is 1460 g/mol. The van der Waals surface area contributed by atoms with E-state index >= 15 is 0 Å². The van der Waals surface area contributed by atoms with Crippen LogP contribution in [0.25, 0.3) is 0 Å². The lowest BCUT2D eigenvalue weighted by molar-refractivity contribution is -0.156. The van der Waals surface area contributed by atoms with Crippen LogP contribution in [0.5, 0.6) is 0 Å². The summed E-state index contributed by atoms with van der Waals surface area (Å²) in [5, 5.41) is 13.5. The van der Waals surface area contributed by atoms with Gasteiger partial charge in [0.15, 0.2) is 0 Å². The fourth-order valence-electron chi connectivity index (χ4n) is 7.75. The van der Waals surface area contributed by atoms with Crippen molar-refractivity contribution < 1.29 is 114 Å². The number of hydrogen-bond donors (Lipinski definition) is 5. The standard InChI is InChI=1S/C28H40N2O8.C24H32N2O8.C23H37NO8/c1-17(2)23(31)35-15-19(5)37-25(33)29-27(7,8)21-12-11-13-22(14-21)28(9,10)30-26(34)38-20(6)16-36-24(32)18(3)4;1-15(2)21(27)31-13-17(5)33-23(29)25-11-19-8-7-9-20(10-19)12-26-24(30)34-18(6)14-32-22(28)16(3)4;1-16(2)21(26)29-14-18(5)31-20(25)12-10-8-7-9-11-13-24-23(28)32-19(6)15-30-22(27)17(3)4/h11-14,19-20H,1,3,15-16H2,2,4-10H3,(H,29,33)(H,30,34);7-10,17-18H,1,3,11-14H2,2,4-6H3,(H,25,29)(H,26,30);18-19H,1,3,7-15H2,2,4-6H3,(H,24,28). The summed E-state index contributed by atoms with van der Waals surface area (Å²) >= 11 is 0. The van der Waals surface area contributed by atoms with Gasteiger partial charge in [0.1, 0.15) is 76.3 Å². The number of hydrogen-bond acceptors (Lipinski definition) is 24. The number of alkyl carbamates (subject to hydrolysis) is 5. The quantitative estimate of drug-likeness (QED) is 0.0179. The van der Waals surface area contributed by atoms with Crippen LogP contribution < -0.4 is 26.6 Å². The van der Waals surface area contributed by atoms with Crippen LogP contribution >= 0.6 is 0 Å². The fourth-order valence-corrected chi connectivity index (χ4v) is 7.75. The molecule has 0 aromatic heterocycles. The number of amides is 5. The Bertz CT molecular complexity index is 3100. The van der Waals surface area contributed by atoms with E-state index in [0.717, 1.165) is 47.9 Å². The molecule has 29 heteroatoms. The summed E-state index contributed by atoms with van der Waals surface area (Å²) in [5.41, 5.74) is 3.04. The Hall–Kier alpha value is -10.5. The van der Waals surface area contributed by atoms with Crippen LogP contribution in [-0.2, 0) is 115 Å². The molecule has 0 aliphatic rings. The largest absolute Gasteiger partial charge is 0.459 e. The Balaban J connectivity index is 0.00000154. The molecular formula is C75H109N5O24. The van der Waals surface area contributed by atoms with Gasteiger partial charge in [0.2, 0.25) is 0 Å². The molecule has 2 aromatic carbocycles. The first-order chi connectivity index (χ1) is 48.4. The molecule has 29 nitrogen and oxygen atoms in total. The summed E-state index contributed by atoms with van der Waals surface area (Å²) in [7, 11) is 0. The predicted molar refractivity (Wildman–Crippen MR) is 384 cm³/mol. The molecule has 0 aliphatic carbocycles. The molecule has 0 bridgehead atoms. The van der Waals surface area contributed by atoms with Crippen molar-refractivity contribution in [1.82, 2.24) is 26.6 Å². The third kappa shape index (κ3) is 44.0. The molecule has 0 saturated carbocycles. The number of unbranched alkanes of at least 4 members (excludes halogenated alkanes) is 4. The first kappa shape index (κ1) is 93.5. The van der Waals surface area contributed by atoms with Crippen LogP contribution in [-0.4, -0.2) is 155 Å². The second kappa shape index (κ2) is 49.2. The number of carbonyl (C=O) groups is 12. The van der Waals surface area contributed by atoms with Gasteiger partial charge in [-0.1, -0.05) is 107 Å². The predicted octanol–water partition coefficient (Wildman–Crippen LogP) is 11.4. The number of nitrogens with one attached hydrogen (secondary N) is 5. The number of esters is 7. The normalized spacial score (nSPS) is 12.3. The van der Waals surface area contributed by atoms with Gasteiger partial charge >= 0.3 is 72.3 Å². The summed E-state index contributed by atoms with van der Waals surface area (Å²) in [6, 6.07) is 14.5. The molecule has 0 aliphatic heterocycles. The van der Waals surface area contributed by atoms with Crippen LogP contribution in [0.15, 0.2) is 121 Å². The number of benzene rings is 2. The van der Waals surface area contributed by atoms with E-state index in [0.29, 0.717) is 25.0 Å². The molecule has 578 valence electrons. The van der Waals surface area contributed by atoms with E-state index in [-0.39, 0.29) is 86.6 Å². The van der Waals surface area contributed by atoms with Gasteiger partial charge in [-0.3, -0.25) is 4.79 Å². The second-order valence-corrected chi connectivity index (χ2v) is 25.7. The minimum atomic E-state index is -0.834. The molecule has 2 rings (SSSR count). The maximum atomic E-state index is 12.5. The molecule has 0 heterocycles. The zero-order valence-corrected chi connectivity index (χ0v) is 63.2. The lowest BCUT2D eigenvalue weighted by Gasteiger charge is -2.31. The first-order valence-electron chi connectivity index (χ1n) is 33.6. The highest BCUT2D eigenvalue weighted by Gasteiger charge is 2.30. The van der Waals surface area contributed by atoms with Crippen molar-refractivity contribution >= 4 is 72.3 Å². The first-order valence-corrected chi connectivity index (χ1v) is 33.6. The molecular weight excluding hydrogens is 1350 g/mol. The van der Waals surface area contributed by atoms with Crippen molar-refractivity contribution in [2.45, 2.75) is 210 Å². The van der Waals surface area contributed by atoms with Crippen molar-refractivity contribution in [2.75, 3.05) is 46.2 Å². The molecule has 6 atom stereocenters. The van der Waals surface area contributed by atoms with E-state index in [1.165, 1.54) is 27.7 Å². The van der Waals surface area contributed by atoms with Gasteiger partial charge < -0.3 is 83.4 Å². The van der Waals surface area contributed by atoms with Gasteiger partial charge in [-0.05, 0) is 146 Å². The van der Waals surface area contributed by atoms with E-state index in [1.807, 2.05) is 52.0 Å². The molecule has 0 fully saturated rings.